The Bertz CT molecular complexity index is 1010. The normalized spacial score (nSPS) is 18.5. The number of halogens is 1. The van der Waals surface area contributed by atoms with Gasteiger partial charge >= 0.3 is 0 Å². The summed E-state index contributed by atoms with van der Waals surface area (Å²) in [6, 6.07) is 15.0. The number of carbonyl (C=O) groups is 1. The Hall–Kier alpha value is -2.97. The first-order valence-electron chi connectivity index (χ1n) is 11.1. The van der Waals surface area contributed by atoms with E-state index in [4.69, 9.17) is 21.1 Å². The van der Waals surface area contributed by atoms with Gasteiger partial charge in [0.15, 0.2) is 11.5 Å². The Morgan fingerprint density at radius 2 is 1.97 bits per heavy atom. The van der Waals surface area contributed by atoms with Crippen LogP contribution in [0.5, 0.6) is 11.5 Å². The molecule has 2 aromatic carbocycles. The fourth-order valence-corrected chi connectivity index (χ4v) is 4.06. The third-order valence-electron chi connectivity index (χ3n) is 5.71. The number of nitrogens with one attached hydrogen (secondary N) is 1. The molecule has 1 amide bonds. The number of ether oxygens (including phenoxy) is 2. The molecule has 0 unspecified atom stereocenters. The lowest BCUT2D eigenvalue weighted by Crippen LogP contribution is -2.41. The van der Waals surface area contributed by atoms with Gasteiger partial charge in [0.25, 0.3) is 5.91 Å². The van der Waals surface area contributed by atoms with Crippen LogP contribution in [0.25, 0.3) is 6.08 Å². The second kappa shape index (κ2) is 11.6. The zero-order chi connectivity index (χ0) is 22.9. The van der Waals surface area contributed by atoms with Gasteiger partial charge in [0.1, 0.15) is 18.2 Å². The lowest BCUT2D eigenvalue weighted by Gasteiger charge is -2.29. The summed E-state index contributed by atoms with van der Waals surface area (Å²) in [5, 5.41) is 13.2. The first-order valence-corrected chi connectivity index (χ1v) is 11.4. The van der Waals surface area contributed by atoms with Crippen molar-refractivity contribution < 1.29 is 14.3 Å². The summed E-state index contributed by atoms with van der Waals surface area (Å²) >= 11 is 6.21. The van der Waals surface area contributed by atoms with Crippen LogP contribution >= 0.6 is 11.6 Å². The minimum Gasteiger partial charge on any atom is -0.490 e. The molecule has 1 aliphatic rings. The van der Waals surface area contributed by atoms with Crippen molar-refractivity contribution in [3.05, 3.63) is 64.2 Å². The molecule has 2 aromatic rings. The lowest BCUT2D eigenvalue weighted by molar-refractivity contribution is -0.118. The Labute approximate surface area is 195 Å². The fourth-order valence-electron chi connectivity index (χ4n) is 3.87. The Morgan fingerprint density at radius 3 is 2.69 bits per heavy atom. The summed E-state index contributed by atoms with van der Waals surface area (Å²) in [6.07, 6.45) is 5.94. The van der Waals surface area contributed by atoms with Crippen molar-refractivity contribution in [2.75, 3.05) is 6.61 Å². The van der Waals surface area contributed by atoms with Crippen LogP contribution in [0.3, 0.4) is 0 Å². The van der Waals surface area contributed by atoms with Gasteiger partial charge in [0.05, 0.1) is 6.61 Å². The molecule has 0 radical (unpaired) electrons. The molecule has 5 nitrogen and oxygen atoms in total. The van der Waals surface area contributed by atoms with Crippen LogP contribution in [0.15, 0.2) is 48.0 Å². The molecule has 3 rings (SSSR count). The van der Waals surface area contributed by atoms with Crippen LogP contribution in [0, 0.1) is 17.2 Å². The van der Waals surface area contributed by atoms with Gasteiger partial charge in [-0.05, 0) is 55.5 Å². The predicted molar refractivity (Wildman–Crippen MR) is 127 cm³/mol. The van der Waals surface area contributed by atoms with Crippen molar-refractivity contribution in [2.24, 2.45) is 5.92 Å². The Balaban J connectivity index is 1.75. The highest BCUT2D eigenvalue weighted by molar-refractivity contribution is 6.31. The summed E-state index contributed by atoms with van der Waals surface area (Å²) < 4.78 is 11.7. The van der Waals surface area contributed by atoms with E-state index in [1.807, 2.05) is 37.3 Å². The summed E-state index contributed by atoms with van der Waals surface area (Å²) in [5.41, 5.74) is 1.65. The maximum absolute atomic E-state index is 12.7. The van der Waals surface area contributed by atoms with Crippen LogP contribution in [0.1, 0.15) is 50.7 Å². The molecule has 0 aliphatic heterocycles. The molecule has 0 bridgehead atoms. The fraction of sp³-hybridized carbons (Fsp3) is 0.385. The van der Waals surface area contributed by atoms with Gasteiger partial charge in [-0.25, -0.2) is 0 Å². The monoisotopic (exact) mass is 452 g/mol. The number of amides is 1. The van der Waals surface area contributed by atoms with Crippen molar-refractivity contribution in [1.82, 2.24) is 5.32 Å². The van der Waals surface area contributed by atoms with E-state index in [0.717, 1.165) is 24.8 Å². The molecule has 0 spiro atoms. The van der Waals surface area contributed by atoms with E-state index >= 15 is 0 Å². The van der Waals surface area contributed by atoms with Gasteiger partial charge in [0, 0.05) is 16.6 Å². The molecule has 1 fully saturated rings. The van der Waals surface area contributed by atoms with Crippen molar-refractivity contribution in [3.63, 3.8) is 0 Å². The van der Waals surface area contributed by atoms with Gasteiger partial charge in [-0.2, -0.15) is 5.26 Å². The van der Waals surface area contributed by atoms with Crippen molar-refractivity contribution >= 4 is 23.6 Å². The first kappa shape index (κ1) is 23.7. The molecule has 1 N–H and O–H groups in total. The van der Waals surface area contributed by atoms with Gasteiger partial charge in [0.2, 0.25) is 0 Å². The zero-order valence-electron chi connectivity index (χ0n) is 18.6. The van der Waals surface area contributed by atoms with Gasteiger partial charge in [-0.3, -0.25) is 4.79 Å². The van der Waals surface area contributed by atoms with Gasteiger partial charge < -0.3 is 14.8 Å². The summed E-state index contributed by atoms with van der Waals surface area (Å²) in [6.45, 7) is 4.80. The van der Waals surface area contributed by atoms with Crippen LogP contribution in [-0.2, 0) is 11.4 Å². The highest BCUT2D eigenvalue weighted by atomic mass is 35.5. The SMILES string of the molecule is CCOc1cc(/C=C(\C#N)C(=O)N[C@H]2CCCC[C@H]2C)ccc1OCc1ccccc1Cl. The summed E-state index contributed by atoms with van der Waals surface area (Å²) in [7, 11) is 0. The van der Waals surface area contributed by atoms with Gasteiger partial charge in [-0.1, -0.05) is 55.6 Å². The molecule has 0 aromatic heterocycles. The van der Waals surface area contributed by atoms with Crippen molar-refractivity contribution in [2.45, 2.75) is 52.2 Å². The molecular weight excluding hydrogens is 424 g/mol. The molecule has 1 aliphatic carbocycles. The molecule has 2 atom stereocenters. The van der Waals surface area contributed by atoms with E-state index in [0.29, 0.717) is 41.2 Å². The van der Waals surface area contributed by atoms with E-state index in [-0.39, 0.29) is 17.5 Å². The Morgan fingerprint density at radius 1 is 1.19 bits per heavy atom. The molecule has 6 heteroatoms. The maximum atomic E-state index is 12.7. The minimum absolute atomic E-state index is 0.0787. The quantitative estimate of drug-likeness (QED) is 0.398. The number of carbonyl (C=O) groups excluding carboxylic acids is 1. The minimum atomic E-state index is -0.330. The average Bonchev–Trinajstić information content (AvgIpc) is 2.79. The molecule has 32 heavy (non-hydrogen) atoms. The highest BCUT2D eigenvalue weighted by Crippen LogP contribution is 2.31. The van der Waals surface area contributed by atoms with Crippen molar-refractivity contribution in [1.29, 1.82) is 5.26 Å². The number of nitriles is 1. The second-order valence-corrected chi connectivity index (χ2v) is 8.44. The molecule has 1 saturated carbocycles. The second-order valence-electron chi connectivity index (χ2n) is 8.03. The van der Waals surface area contributed by atoms with Crippen molar-refractivity contribution in [3.8, 4) is 17.6 Å². The van der Waals surface area contributed by atoms with E-state index < -0.39 is 0 Å². The number of nitrogens with zero attached hydrogens (tertiary/aromatic N) is 1. The number of benzene rings is 2. The predicted octanol–water partition coefficient (Wildman–Crippen LogP) is 5.92. The third-order valence-corrected chi connectivity index (χ3v) is 6.08. The number of rotatable bonds is 8. The molecular formula is C26H29ClN2O3. The molecule has 0 heterocycles. The lowest BCUT2D eigenvalue weighted by atomic mass is 9.86. The smallest absolute Gasteiger partial charge is 0.262 e. The zero-order valence-corrected chi connectivity index (χ0v) is 19.3. The molecule has 168 valence electrons. The van der Waals surface area contributed by atoms with E-state index in [1.165, 1.54) is 6.42 Å². The van der Waals surface area contributed by atoms with E-state index in [2.05, 4.69) is 12.2 Å². The standard InChI is InChI=1S/C26H29ClN2O3/c1-3-31-25-15-19(12-13-24(25)32-17-20-9-5-6-10-22(20)27)14-21(16-28)26(30)29-23-11-7-4-8-18(23)2/h5-6,9-10,12-15,18,23H,3-4,7-8,11,17H2,1-2H3,(H,29,30)/b21-14+/t18-,23+/m1/s1. The van der Waals surface area contributed by atoms with Crippen LogP contribution in [0.4, 0.5) is 0 Å². The average molecular weight is 453 g/mol. The van der Waals surface area contributed by atoms with E-state index in [1.54, 1.807) is 24.3 Å². The van der Waals surface area contributed by atoms with E-state index in [9.17, 15) is 10.1 Å². The Kier molecular flexibility index (Phi) is 8.58. The molecule has 0 saturated heterocycles. The summed E-state index contributed by atoms with van der Waals surface area (Å²) in [5.74, 6) is 1.21. The van der Waals surface area contributed by atoms with Crippen LogP contribution in [0.2, 0.25) is 5.02 Å². The van der Waals surface area contributed by atoms with Crippen LogP contribution in [-0.4, -0.2) is 18.6 Å². The maximum Gasteiger partial charge on any atom is 0.262 e. The third kappa shape index (κ3) is 6.27. The number of hydrogen-bond acceptors (Lipinski definition) is 4. The van der Waals surface area contributed by atoms with Crippen LogP contribution < -0.4 is 14.8 Å². The highest BCUT2D eigenvalue weighted by Gasteiger charge is 2.24. The van der Waals surface area contributed by atoms with Gasteiger partial charge in [-0.15, -0.1) is 0 Å². The number of hydrogen-bond donors (Lipinski definition) is 1. The first-order chi connectivity index (χ1) is 15.5. The largest absolute Gasteiger partial charge is 0.490 e. The topological polar surface area (TPSA) is 71.3 Å². The summed E-state index contributed by atoms with van der Waals surface area (Å²) in [4.78, 5) is 12.7.